The van der Waals surface area contributed by atoms with Crippen LogP contribution in [0, 0.1) is 0 Å². The third-order valence-electron chi connectivity index (χ3n) is 3.65. The van der Waals surface area contributed by atoms with Crippen LogP contribution in [-0.4, -0.2) is 28.7 Å². The number of hydrogen-bond acceptors (Lipinski definition) is 6. The Balaban J connectivity index is 1.64. The van der Waals surface area contributed by atoms with Gasteiger partial charge in [-0.1, -0.05) is 18.2 Å². The summed E-state index contributed by atoms with van der Waals surface area (Å²) in [5, 5.41) is 4.66. The number of nitrogens with zero attached hydrogens (tertiary/aromatic N) is 2. The van der Waals surface area contributed by atoms with Crippen molar-refractivity contribution >= 4 is 29.0 Å². The number of ether oxygens (including phenoxy) is 1. The Morgan fingerprint density at radius 2 is 2.00 bits per heavy atom. The van der Waals surface area contributed by atoms with Crippen LogP contribution in [0.25, 0.3) is 0 Å². The van der Waals surface area contributed by atoms with Gasteiger partial charge < -0.3 is 10.1 Å². The zero-order valence-electron chi connectivity index (χ0n) is 15.0. The van der Waals surface area contributed by atoms with Crippen molar-refractivity contribution in [2.45, 2.75) is 23.4 Å². The van der Waals surface area contributed by atoms with Gasteiger partial charge in [0.2, 0.25) is 5.88 Å². The molecule has 0 unspecified atom stereocenters. The smallest absolute Gasteiger partial charge is 0.422 e. The normalized spacial score (nSPS) is 11.3. The number of amides is 1. The number of thioether (sulfide) groups is 1. The second kappa shape index (κ2) is 9.75. The Morgan fingerprint density at radius 3 is 2.76 bits per heavy atom. The lowest BCUT2D eigenvalue weighted by molar-refractivity contribution is -0.154. The van der Waals surface area contributed by atoms with Crippen molar-refractivity contribution < 1.29 is 22.7 Å². The first-order valence-corrected chi connectivity index (χ1v) is 10.4. The van der Waals surface area contributed by atoms with Crippen molar-refractivity contribution in [2.75, 3.05) is 6.61 Å². The number of alkyl halides is 3. The predicted molar refractivity (Wildman–Crippen MR) is 105 cm³/mol. The number of nitrogens with one attached hydrogen (secondary N) is 1. The summed E-state index contributed by atoms with van der Waals surface area (Å²) in [5.74, 6) is 0.138. The monoisotopic (exact) mass is 439 g/mol. The summed E-state index contributed by atoms with van der Waals surface area (Å²) in [7, 11) is 0. The highest BCUT2D eigenvalue weighted by molar-refractivity contribution is 7.98. The molecule has 0 fully saturated rings. The highest BCUT2D eigenvalue weighted by atomic mass is 32.2. The van der Waals surface area contributed by atoms with E-state index >= 15 is 0 Å². The van der Waals surface area contributed by atoms with Crippen molar-refractivity contribution in [1.82, 2.24) is 15.3 Å². The molecule has 2 aromatic heterocycles. The molecular weight excluding hydrogens is 423 g/mol. The largest absolute Gasteiger partial charge is 0.468 e. The molecule has 0 radical (unpaired) electrons. The van der Waals surface area contributed by atoms with Gasteiger partial charge in [-0.2, -0.15) is 13.2 Å². The second-order valence-corrected chi connectivity index (χ2v) is 7.55. The van der Waals surface area contributed by atoms with Gasteiger partial charge in [-0.05, 0) is 18.2 Å². The number of aromatic nitrogens is 2. The standard InChI is InChI=1S/C19H16F3N3O2S2/c20-19(21,22)11-27-18-13(4-3-7-23-18)8-24-17(26)15-5-1-2-6-16(15)29-10-14-9-28-12-25-14/h1-7,9,12H,8,10-11H2,(H,24,26). The molecule has 1 aromatic carbocycles. The van der Waals surface area contributed by atoms with Crippen LogP contribution in [0.1, 0.15) is 21.6 Å². The molecule has 152 valence electrons. The maximum absolute atomic E-state index is 12.6. The van der Waals surface area contributed by atoms with Crippen LogP contribution in [-0.2, 0) is 12.3 Å². The van der Waals surface area contributed by atoms with Crippen molar-refractivity contribution in [3.63, 3.8) is 0 Å². The number of thiazole rings is 1. The summed E-state index contributed by atoms with van der Waals surface area (Å²) in [6, 6.07) is 10.3. The number of rotatable bonds is 8. The Kier molecular flexibility index (Phi) is 7.10. The van der Waals surface area contributed by atoms with Crippen molar-refractivity contribution in [2.24, 2.45) is 0 Å². The fourth-order valence-electron chi connectivity index (χ4n) is 2.35. The average molecular weight is 439 g/mol. The molecule has 0 saturated carbocycles. The molecule has 29 heavy (non-hydrogen) atoms. The first-order valence-electron chi connectivity index (χ1n) is 8.43. The average Bonchev–Trinajstić information content (AvgIpc) is 3.23. The minimum Gasteiger partial charge on any atom is -0.468 e. The van der Waals surface area contributed by atoms with E-state index in [-0.39, 0.29) is 18.3 Å². The third kappa shape index (κ3) is 6.47. The number of halogens is 3. The SMILES string of the molecule is O=C(NCc1cccnc1OCC(F)(F)F)c1ccccc1SCc1cscn1. The van der Waals surface area contributed by atoms with Crippen LogP contribution in [0.2, 0.25) is 0 Å². The van der Waals surface area contributed by atoms with Crippen LogP contribution in [0.15, 0.2) is 58.4 Å². The lowest BCUT2D eigenvalue weighted by Crippen LogP contribution is -2.25. The first-order chi connectivity index (χ1) is 13.9. The Bertz CT molecular complexity index is 950. The van der Waals surface area contributed by atoms with E-state index in [4.69, 9.17) is 4.74 Å². The molecular formula is C19H16F3N3O2S2. The van der Waals surface area contributed by atoms with E-state index in [2.05, 4.69) is 15.3 Å². The molecule has 0 aliphatic heterocycles. The molecule has 2 heterocycles. The fraction of sp³-hybridized carbons (Fsp3) is 0.211. The third-order valence-corrected chi connectivity index (χ3v) is 5.40. The van der Waals surface area contributed by atoms with E-state index in [0.29, 0.717) is 16.9 Å². The van der Waals surface area contributed by atoms with Crippen LogP contribution < -0.4 is 10.1 Å². The van der Waals surface area contributed by atoms with Crippen LogP contribution >= 0.6 is 23.1 Å². The van der Waals surface area contributed by atoms with E-state index < -0.39 is 12.8 Å². The highest BCUT2D eigenvalue weighted by Gasteiger charge is 2.29. The van der Waals surface area contributed by atoms with E-state index in [1.165, 1.54) is 29.3 Å². The quantitative estimate of drug-likeness (QED) is 0.516. The van der Waals surface area contributed by atoms with Crippen LogP contribution in [0.3, 0.4) is 0 Å². The van der Waals surface area contributed by atoms with Gasteiger partial charge in [0.15, 0.2) is 6.61 Å². The number of carbonyl (C=O) groups is 1. The molecule has 3 rings (SSSR count). The zero-order chi connectivity index (χ0) is 20.7. The Morgan fingerprint density at radius 1 is 1.17 bits per heavy atom. The minimum absolute atomic E-state index is 0.00898. The van der Waals surface area contributed by atoms with Crippen LogP contribution in [0.4, 0.5) is 13.2 Å². The molecule has 0 aliphatic carbocycles. The summed E-state index contributed by atoms with van der Waals surface area (Å²) >= 11 is 3.00. The molecule has 0 atom stereocenters. The van der Waals surface area contributed by atoms with Crippen molar-refractivity contribution in [3.8, 4) is 5.88 Å². The Hall–Kier alpha value is -2.59. The maximum atomic E-state index is 12.6. The van der Waals surface area contributed by atoms with Gasteiger partial charge >= 0.3 is 6.18 Å². The van der Waals surface area contributed by atoms with Gasteiger partial charge in [0.05, 0.1) is 16.8 Å². The number of benzene rings is 1. The molecule has 0 aliphatic rings. The second-order valence-electron chi connectivity index (χ2n) is 5.82. The molecule has 1 N–H and O–H groups in total. The minimum atomic E-state index is -4.47. The number of hydrogen-bond donors (Lipinski definition) is 1. The van der Waals surface area contributed by atoms with Gasteiger partial charge in [0.1, 0.15) is 0 Å². The number of pyridine rings is 1. The van der Waals surface area contributed by atoms with E-state index in [1.54, 1.807) is 29.8 Å². The van der Waals surface area contributed by atoms with Crippen molar-refractivity contribution in [3.05, 3.63) is 70.3 Å². The van der Waals surface area contributed by atoms with Gasteiger partial charge in [0.25, 0.3) is 5.91 Å². The fourth-order valence-corrected chi connectivity index (χ4v) is 3.97. The lowest BCUT2D eigenvalue weighted by atomic mass is 10.2. The van der Waals surface area contributed by atoms with Crippen molar-refractivity contribution in [1.29, 1.82) is 0 Å². The number of carbonyl (C=O) groups excluding carboxylic acids is 1. The topological polar surface area (TPSA) is 64.1 Å². The highest BCUT2D eigenvalue weighted by Crippen LogP contribution is 2.26. The van der Waals surface area contributed by atoms with Crippen LogP contribution in [0.5, 0.6) is 5.88 Å². The van der Waals surface area contributed by atoms with Gasteiger partial charge in [-0.25, -0.2) is 9.97 Å². The molecule has 10 heteroatoms. The van der Waals surface area contributed by atoms with E-state index in [1.807, 2.05) is 17.5 Å². The molecule has 5 nitrogen and oxygen atoms in total. The molecule has 0 saturated heterocycles. The molecule has 0 spiro atoms. The molecule has 0 bridgehead atoms. The summed E-state index contributed by atoms with van der Waals surface area (Å²) in [4.78, 5) is 21.5. The maximum Gasteiger partial charge on any atom is 0.422 e. The Labute approximate surface area is 173 Å². The predicted octanol–water partition coefficient (Wildman–Crippen LogP) is 4.70. The lowest BCUT2D eigenvalue weighted by Gasteiger charge is -2.13. The van der Waals surface area contributed by atoms with Gasteiger partial charge in [-0.3, -0.25) is 4.79 Å². The first kappa shape index (κ1) is 21.1. The van der Waals surface area contributed by atoms with Gasteiger partial charge in [0, 0.05) is 34.3 Å². The summed E-state index contributed by atoms with van der Waals surface area (Å²) in [6.45, 7) is -1.45. The van der Waals surface area contributed by atoms with E-state index in [9.17, 15) is 18.0 Å². The summed E-state index contributed by atoms with van der Waals surface area (Å²) in [6.07, 6.45) is -3.13. The zero-order valence-corrected chi connectivity index (χ0v) is 16.6. The molecule has 3 aromatic rings. The van der Waals surface area contributed by atoms with Gasteiger partial charge in [-0.15, -0.1) is 23.1 Å². The summed E-state index contributed by atoms with van der Waals surface area (Å²) in [5.41, 5.74) is 3.52. The summed E-state index contributed by atoms with van der Waals surface area (Å²) < 4.78 is 41.9. The molecule has 1 amide bonds. The van der Waals surface area contributed by atoms with E-state index in [0.717, 1.165) is 10.6 Å².